The number of carboxylic acid groups (broad SMARTS) is 1. The van der Waals surface area contributed by atoms with Gasteiger partial charge in [-0.25, -0.2) is 4.79 Å². The third-order valence-corrected chi connectivity index (χ3v) is 6.33. The number of rotatable bonds is 12. The molecule has 0 saturated carbocycles. The quantitative estimate of drug-likeness (QED) is 0.222. The number of phenolic OH excluding ortho intramolecular Hbond substituents is 1. The zero-order valence-electron chi connectivity index (χ0n) is 19.4. The molecule has 3 aromatic rings. The minimum atomic E-state index is -1.20. The first-order chi connectivity index (χ1) is 16.8. The number of benzene rings is 2. The Bertz CT molecular complexity index is 1160. The molecule has 0 bridgehead atoms. The highest BCUT2D eigenvalue weighted by Gasteiger charge is 2.28. The zero-order chi connectivity index (χ0) is 25.4. The van der Waals surface area contributed by atoms with E-state index in [0.717, 1.165) is 16.5 Å². The molecule has 10 heteroatoms. The van der Waals surface area contributed by atoms with Gasteiger partial charge >= 0.3 is 5.97 Å². The molecule has 3 rings (SSSR count). The summed E-state index contributed by atoms with van der Waals surface area (Å²) < 4.78 is 0. The van der Waals surface area contributed by atoms with Crippen molar-refractivity contribution in [2.75, 3.05) is 12.0 Å². The Morgan fingerprint density at radius 3 is 2.37 bits per heavy atom. The van der Waals surface area contributed by atoms with E-state index in [1.54, 1.807) is 12.1 Å². The van der Waals surface area contributed by atoms with Gasteiger partial charge in [-0.2, -0.15) is 11.8 Å². The van der Waals surface area contributed by atoms with Crippen LogP contribution >= 0.6 is 11.8 Å². The van der Waals surface area contributed by atoms with E-state index in [4.69, 9.17) is 5.73 Å². The fraction of sp³-hybridized carbons (Fsp3) is 0.320. The van der Waals surface area contributed by atoms with Crippen molar-refractivity contribution in [3.05, 3.63) is 65.9 Å². The number of aliphatic carboxylic acids is 1. The van der Waals surface area contributed by atoms with E-state index < -0.39 is 35.9 Å². The predicted molar refractivity (Wildman–Crippen MR) is 136 cm³/mol. The monoisotopic (exact) mass is 498 g/mol. The lowest BCUT2D eigenvalue weighted by molar-refractivity contribution is -0.142. The Balaban J connectivity index is 1.65. The zero-order valence-corrected chi connectivity index (χ0v) is 20.2. The van der Waals surface area contributed by atoms with E-state index in [0.29, 0.717) is 17.7 Å². The van der Waals surface area contributed by atoms with Crippen LogP contribution in [0.4, 0.5) is 0 Å². The van der Waals surface area contributed by atoms with Crippen molar-refractivity contribution in [1.29, 1.82) is 0 Å². The van der Waals surface area contributed by atoms with E-state index in [-0.39, 0.29) is 18.6 Å². The lowest BCUT2D eigenvalue weighted by Gasteiger charge is -2.23. The number of carbonyl (C=O) groups excluding carboxylic acids is 2. The van der Waals surface area contributed by atoms with E-state index in [2.05, 4.69) is 15.6 Å². The van der Waals surface area contributed by atoms with Gasteiger partial charge in [0.2, 0.25) is 11.8 Å². The van der Waals surface area contributed by atoms with Crippen molar-refractivity contribution < 1.29 is 24.6 Å². The number of hydrogen-bond acceptors (Lipinski definition) is 6. The summed E-state index contributed by atoms with van der Waals surface area (Å²) in [5, 5.41) is 25.3. The summed E-state index contributed by atoms with van der Waals surface area (Å²) in [6, 6.07) is 10.8. The molecule has 1 heterocycles. The smallest absolute Gasteiger partial charge is 0.326 e. The van der Waals surface area contributed by atoms with Gasteiger partial charge in [-0.3, -0.25) is 9.59 Å². The third kappa shape index (κ3) is 7.24. The Morgan fingerprint density at radius 1 is 1.00 bits per heavy atom. The van der Waals surface area contributed by atoms with Crippen LogP contribution in [0.1, 0.15) is 17.5 Å². The lowest BCUT2D eigenvalue weighted by Crippen LogP contribution is -2.55. The first-order valence-electron chi connectivity index (χ1n) is 11.2. The van der Waals surface area contributed by atoms with Crippen molar-refractivity contribution in [2.45, 2.75) is 37.4 Å². The standard InChI is InChI=1S/C25H30N4O5S/c1-35-11-10-21(24(32)29-22(25(33)34)12-15-6-8-17(30)9-7-15)28-23(31)19(26)13-16-14-27-20-5-3-2-4-18(16)20/h2-9,14,19,21-22,27,30H,10-13,26H2,1H3,(H,28,31)(H,29,32)(H,33,34)/t19-,21-,22-/m0/s1. The summed E-state index contributed by atoms with van der Waals surface area (Å²) in [6.07, 6.45) is 4.33. The van der Waals surface area contributed by atoms with Crippen LogP contribution in [0.25, 0.3) is 10.9 Å². The van der Waals surface area contributed by atoms with Crippen molar-refractivity contribution in [1.82, 2.24) is 15.6 Å². The van der Waals surface area contributed by atoms with Gasteiger partial charge in [0, 0.05) is 23.5 Å². The molecule has 186 valence electrons. The van der Waals surface area contributed by atoms with Crippen LogP contribution in [0, 0.1) is 0 Å². The molecule has 9 nitrogen and oxygen atoms in total. The minimum absolute atomic E-state index is 0.0324. The van der Waals surface area contributed by atoms with Gasteiger partial charge in [0.15, 0.2) is 0 Å². The highest BCUT2D eigenvalue weighted by atomic mass is 32.2. The van der Waals surface area contributed by atoms with Crippen molar-refractivity contribution in [2.24, 2.45) is 5.73 Å². The molecular formula is C25H30N4O5S. The van der Waals surface area contributed by atoms with Gasteiger partial charge in [-0.15, -0.1) is 0 Å². The summed E-state index contributed by atoms with van der Waals surface area (Å²) in [6.45, 7) is 0. The maximum Gasteiger partial charge on any atom is 0.326 e. The Hall–Kier alpha value is -3.50. The molecule has 0 unspecified atom stereocenters. The lowest BCUT2D eigenvalue weighted by atomic mass is 10.0. The maximum atomic E-state index is 13.0. The van der Waals surface area contributed by atoms with Gasteiger partial charge in [0.1, 0.15) is 17.8 Å². The first-order valence-corrected chi connectivity index (χ1v) is 12.6. The maximum absolute atomic E-state index is 13.0. The second-order valence-corrected chi connectivity index (χ2v) is 9.27. The SMILES string of the molecule is CSCC[C@H](NC(=O)[C@@H](N)Cc1c[nH]c2ccccc12)C(=O)N[C@@H](Cc1ccc(O)cc1)C(=O)O. The molecule has 0 aliphatic rings. The largest absolute Gasteiger partial charge is 0.508 e. The van der Waals surface area contributed by atoms with E-state index in [1.807, 2.05) is 36.7 Å². The van der Waals surface area contributed by atoms with Gasteiger partial charge in [0.05, 0.1) is 6.04 Å². The second kappa shape index (κ2) is 12.3. The summed E-state index contributed by atoms with van der Waals surface area (Å²) in [4.78, 5) is 40.8. The van der Waals surface area contributed by atoms with E-state index in [1.165, 1.54) is 23.9 Å². The van der Waals surface area contributed by atoms with Gasteiger partial charge in [0.25, 0.3) is 0 Å². The summed E-state index contributed by atoms with van der Waals surface area (Å²) in [5.41, 5.74) is 8.64. The molecular weight excluding hydrogens is 468 g/mol. The molecule has 1 aromatic heterocycles. The highest BCUT2D eigenvalue weighted by Crippen LogP contribution is 2.19. The van der Waals surface area contributed by atoms with Crippen molar-refractivity contribution in [3.63, 3.8) is 0 Å². The van der Waals surface area contributed by atoms with Crippen LogP contribution < -0.4 is 16.4 Å². The number of H-pyrrole nitrogens is 1. The average molecular weight is 499 g/mol. The molecule has 3 atom stereocenters. The fourth-order valence-corrected chi connectivity index (χ4v) is 4.22. The molecule has 35 heavy (non-hydrogen) atoms. The average Bonchev–Trinajstić information content (AvgIpc) is 3.25. The second-order valence-electron chi connectivity index (χ2n) is 8.28. The number of nitrogens with two attached hydrogens (primary N) is 1. The highest BCUT2D eigenvalue weighted by molar-refractivity contribution is 7.98. The molecule has 0 aliphatic carbocycles. The fourth-order valence-electron chi connectivity index (χ4n) is 3.75. The normalized spacial score (nSPS) is 13.7. The number of aromatic amines is 1. The molecule has 0 radical (unpaired) electrons. The minimum Gasteiger partial charge on any atom is -0.508 e. The number of amides is 2. The van der Waals surface area contributed by atoms with Crippen LogP contribution in [-0.2, 0) is 27.2 Å². The Labute approximate surface area is 207 Å². The molecule has 0 saturated heterocycles. The van der Waals surface area contributed by atoms with Crippen LogP contribution in [-0.4, -0.2) is 63.1 Å². The Morgan fingerprint density at radius 2 is 1.69 bits per heavy atom. The van der Waals surface area contributed by atoms with E-state index in [9.17, 15) is 24.6 Å². The van der Waals surface area contributed by atoms with E-state index >= 15 is 0 Å². The molecule has 2 amide bonds. The van der Waals surface area contributed by atoms with Crippen molar-refractivity contribution >= 4 is 40.4 Å². The molecule has 7 N–H and O–H groups in total. The number of aromatic nitrogens is 1. The Kier molecular flexibility index (Phi) is 9.16. The number of nitrogens with one attached hydrogen (secondary N) is 3. The molecule has 0 fully saturated rings. The molecule has 0 spiro atoms. The number of carbonyl (C=O) groups is 3. The summed E-state index contributed by atoms with van der Waals surface area (Å²) >= 11 is 1.51. The first kappa shape index (κ1) is 26.1. The van der Waals surface area contributed by atoms with Gasteiger partial charge in [-0.05, 0) is 54.2 Å². The number of aromatic hydroxyl groups is 1. The number of thioether (sulfide) groups is 1. The van der Waals surface area contributed by atoms with Gasteiger partial charge in [-0.1, -0.05) is 30.3 Å². The van der Waals surface area contributed by atoms with Crippen LogP contribution in [0.3, 0.4) is 0 Å². The number of hydrogen-bond donors (Lipinski definition) is 6. The molecule has 0 aliphatic heterocycles. The topological polar surface area (TPSA) is 158 Å². The van der Waals surface area contributed by atoms with Crippen LogP contribution in [0.15, 0.2) is 54.7 Å². The van der Waals surface area contributed by atoms with Crippen LogP contribution in [0.5, 0.6) is 5.75 Å². The number of phenols is 1. The number of para-hydroxylation sites is 1. The summed E-state index contributed by atoms with van der Waals surface area (Å²) in [5.74, 6) is -1.61. The predicted octanol–water partition coefficient (Wildman–Crippen LogP) is 1.79. The molecule has 2 aromatic carbocycles. The van der Waals surface area contributed by atoms with Gasteiger partial charge < -0.3 is 31.6 Å². The number of fused-ring (bicyclic) bond motifs is 1. The number of carboxylic acids is 1. The third-order valence-electron chi connectivity index (χ3n) is 5.69. The summed E-state index contributed by atoms with van der Waals surface area (Å²) in [7, 11) is 0. The van der Waals surface area contributed by atoms with Crippen LogP contribution in [0.2, 0.25) is 0 Å². The van der Waals surface area contributed by atoms with Crippen molar-refractivity contribution in [3.8, 4) is 5.75 Å².